The summed E-state index contributed by atoms with van der Waals surface area (Å²) >= 11 is 0. The molecule has 0 spiro atoms. The van der Waals surface area contributed by atoms with Gasteiger partial charge in [0.1, 0.15) is 36.3 Å². The minimum atomic E-state index is -1.56. The Hall–Kier alpha value is -2.95. The Kier molecular flexibility index (Phi) is 6.68. The molecule has 6 atom stereocenters. The first-order chi connectivity index (χ1) is 15.8. The first-order valence-corrected chi connectivity index (χ1v) is 10.6. The number of carbonyl (C=O) groups is 1. The summed E-state index contributed by atoms with van der Waals surface area (Å²) < 4.78 is 22.6. The molecule has 176 valence electrons. The van der Waals surface area contributed by atoms with Gasteiger partial charge in [-0.25, -0.2) is 4.79 Å². The van der Waals surface area contributed by atoms with Crippen LogP contribution in [0.4, 0.5) is 0 Å². The number of aliphatic hydroxyl groups is 4. The van der Waals surface area contributed by atoms with Gasteiger partial charge in [0, 0.05) is 10.9 Å². The molecule has 1 aliphatic heterocycles. The second kappa shape index (κ2) is 9.50. The monoisotopic (exact) mass is 458 g/mol. The zero-order valence-electron chi connectivity index (χ0n) is 18.1. The Bertz CT molecular complexity index is 1110. The highest BCUT2D eigenvalue weighted by molar-refractivity contribution is 5.90. The quantitative estimate of drug-likeness (QED) is 0.408. The zero-order valence-corrected chi connectivity index (χ0v) is 18.1. The van der Waals surface area contributed by atoms with Gasteiger partial charge < -0.3 is 39.1 Å². The van der Waals surface area contributed by atoms with E-state index >= 15 is 0 Å². The highest BCUT2D eigenvalue weighted by Crippen LogP contribution is 2.37. The summed E-state index contributed by atoms with van der Waals surface area (Å²) in [6, 6.07) is 13.7. The van der Waals surface area contributed by atoms with Crippen LogP contribution in [0.15, 0.2) is 52.9 Å². The summed E-state index contributed by atoms with van der Waals surface area (Å²) in [5.74, 6) is 0.337. The Labute approximate surface area is 189 Å². The van der Waals surface area contributed by atoms with E-state index in [2.05, 4.69) is 0 Å². The lowest BCUT2D eigenvalue weighted by molar-refractivity contribution is -0.277. The summed E-state index contributed by atoms with van der Waals surface area (Å²) in [7, 11) is 0. The molecule has 2 aromatic carbocycles. The number of hydrogen-bond acceptors (Lipinski definition) is 9. The second-order valence-corrected chi connectivity index (χ2v) is 7.98. The number of hydrogen-bond donors (Lipinski definition) is 4. The molecule has 1 fully saturated rings. The third kappa shape index (κ3) is 4.59. The summed E-state index contributed by atoms with van der Waals surface area (Å²) in [6.07, 6.45) is -7.66. The maximum atomic E-state index is 12.5. The van der Waals surface area contributed by atoms with Crippen LogP contribution in [0, 0.1) is 6.92 Å². The maximum Gasteiger partial charge on any atom is 0.338 e. The lowest BCUT2D eigenvalue weighted by atomic mass is 9.99. The minimum Gasteiger partial charge on any atom is -0.458 e. The maximum absolute atomic E-state index is 12.5. The third-order valence-electron chi connectivity index (χ3n) is 5.63. The summed E-state index contributed by atoms with van der Waals surface area (Å²) in [5.41, 5.74) is 1.46. The van der Waals surface area contributed by atoms with Gasteiger partial charge in [-0.05, 0) is 38.1 Å². The van der Waals surface area contributed by atoms with Crippen molar-refractivity contribution in [3.05, 3.63) is 65.4 Å². The van der Waals surface area contributed by atoms with Crippen LogP contribution in [0.2, 0.25) is 0 Å². The average Bonchev–Trinajstić information content (AvgIpc) is 3.21. The molecule has 2 heterocycles. The highest BCUT2D eigenvalue weighted by atomic mass is 16.7. The topological polar surface area (TPSA) is 139 Å². The predicted molar refractivity (Wildman–Crippen MR) is 116 cm³/mol. The van der Waals surface area contributed by atoms with Gasteiger partial charge in [-0.15, -0.1) is 0 Å². The van der Waals surface area contributed by atoms with Gasteiger partial charge in [0.25, 0.3) is 0 Å². The molecule has 1 unspecified atom stereocenters. The predicted octanol–water partition coefficient (Wildman–Crippen LogP) is 1.84. The summed E-state index contributed by atoms with van der Waals surface area (Å²) in [6.45, 7) is 2.93. The summed E-state index contributed by atoms with van der Waals surface area (Å²) in [4.78, 5) is 12.5. The number of furan rings is 1. The van der Waals surface area contributed by atoms with Gasteiger partial charge in [0.05, 0.1) is 12.2 Å². The Morgan fingerprint density at radius 2 is 1.79 bits per heavy atom. The largest absolute Gasteiger partial charge is 0.458 e. The minimum absolute atomic E-state index is 0.216. The molecule has 33 heavy (non-hydrogen) atoms. The standard InChI is InChI=1S/C24H26O9/c1-12-10-16-15(13(2)31-23(29)14-6-4-3-5-7-14)8-9-17(22(16)30-12)32-24-21(28)20(27)19(26)18(11-25)33-24/h3-10,13,18-21,24-28H,11H2,1-2H3/t13?,18-,19+,20+,21-,24-/m1/s1. The van der Waals surface area contributed by atoms with Gasteiger partial charge in [0.15, 0.2) is 11.3 Å². The molecule has 9 nitrogen and oxygen atoms in total. The first kappa shape index (κ1) is 23.2. The van der Waals surface area contributed by atoms with Crippen molar-refractivity contribution < 1.29 is 43.8 Å². The lowest BCUT2D eigenvalue weighted by Gasteiger charge is -2.39. The average molecular weight is 458 g/mol. The normalized spacial score (nSPS) is 26.2. The van der Waals surface area contributed by atoms with E-state index < -0.39 is 49.4 Å². The number of benzene rings is 2. The molecule has 0 saturated carbocycles. The van der Waals surface area contributed by atoms with Crippen LogP contribution in [0.5, 0.6) is 5.75 Å². The molecule has 0 aliphatic carbocycles. The number of ether oxygens (including phenoxy) is 3. The van der Waals surface area contributed by atoms with Crippen LogP contribution >= 0.6 is 0 Å². The number of fused-ring (bicyclic) bond motifs is 1. The Morgan fingerprint density at radius 1 is 1.06 bits per heavy atom. The van der Waals surface area contributed by atoms with E-state index in [4.69, 9.17) is 18.6 Å². The van der Waals surface area contributed by atoms with Crippen molar-refractivity contribution in [1.82, 2.24) is 0 Å². The fraction of sp³-hybridized carbons (Fsp3) is 0.375. The van der Waals surface area contributed by atoms with E-state index in [1.54, 1.807) is 56.3 Å². The van der Waals surface area contributed by atoms with E-state index in [-0.39, 0.29) is 5.75 Å². The second-order valence-electron chi connectivity index (χ2n) is 7.98. The van der Waals surface area contributed by atoms with Crippen LogP contribution in [-0.4, -0.2) is 63.7 Å². The van der Waals surface area contributed by atoms with E-state index in [0.29, 0.717) is 27.9 Å². The molecular formula is C24H26O9. The van der Waals surface area contributed by atoms with Crippen molar-refractivity contribution in [3.63, 3.8) is 0 Å². The van der Waals surface area contributed by atoms with Crippen molar-refractivity contribution in [2.75, 3.05) is 6.61 Å². The molecule has 1 aliphatic rings. The van der Waals surface area contributed by atoms with E-state index in [0.717, 1.165) is 0 Å². The van der Waals surface area contributed by atoms with Crippen LogP contribution < -0.4 is 4.74 Å². The fourth-order valence-electron chi connectivity index (χ4n) is 3.85. The van der Waals surface area contributed by atoms with Crippen molar-refractivity contribution in [2.45, 2.75) is 50.7 Å². The zero-order chi connectivity index (χ0) is 23.7. The SMILES string of the molecule is Cc1cc2c(C(C)OC(=O)c3ccccc3)ccc(O[C@@H]3O[C@H](CO)[C@H](O)[C@H](O)[C@H]3O)c2o1. The van der Waals surface area contributed by atoms with E-state index in [9.17, 15) is 25.2 Å². The molecular weight excluding hydrogens is 432 g/mol. The highest BCUT2D eigenvalue weighted by Gasteiger charge is 2.45. The van der Waals surface area contributed by atoms with Gasteiger partial charge in [-0.3, -0.25) is 0 Å². The molecule has 1 saturated heterocycles. The van der Waals surface area contributed by atoms with Crippen molar-refractivity contribution in [3.8, 4) is 5.75 Å². The van der Waals surface area contributed by atoms with Gasteiger partial charge in [0.2, 0.25) is 6.29 Å². The van der Waals surface area contributed by atoms with Crippen molar-refractivity contribution in [2.24, 2.45) is 0 Å². The van der Waals surface area contributed by atoms with Crippen LogP contribution in [-0.2, 0) is 9.47 Å². The van der Waals surface area contributed by atoms with Crippen LogP contribution in [0.1, 0.15) is 34.7 Å². The van der Waals surface area contributed by atoms with Gasteiger partial charge in [-0.2, -0.15) is 0 Å². The molecule has 9 heteroatoms. The van der Waals surface area contributed by atoms with Crippen molar-refractivity contribution in [1.29, 1.82) is 0 Å². The molecule has 0 bridgehead atoms. The van der Waals surface area contributed by atoms with E-state index in [1.807, 2.05) is 6.07 Å². The van der Waals surface area contributed by atoms with E-state index in [1.165, 1.54) is 0 Å². The third-order valence-corrected chi connectivity index (χ3v) is 5.63. The lowest BCUT2D eigenvalue weighted by Crippen LogP contribution is -2.60. The van der Waals surface area contributed by atoms with Crippen LogP contribution in [0.3, 0.4) is 0 Å². The summed E-state index contributed by atoms with van der Waals surface area (Å²) in [5, 5.41) is 40.3. The molecule has 4 N–H and O–H groups in total. The number of esters is 1. The van der Waals surface area contributed by atoms with Crippen molar-refractivity contribution >= 4 is 16.9 Å². The smallest absolute Gasteiger partial charge is 0.338 e. The van der Waals surface area contributed by atoms with Gasteiger partial charge in [-0.1, -0.05) is 24.3 Å². The molecule has 0 amide bonds. The molecule has 4 rings (SSSR count). The number of aryl methyl sites for hydroxylation is 1. The molecule has 3 aromatic rings. The van der Waals surface area contributed by atoms with Crippen LogP contribution in [0.25, 0.3) is 11.0 Å². The van der Waals surface area contributed by atoms with Gasteiger partial charge >= 0.3 is 5.97 Å². The molecule has 0 radical (unpaired) electrons. The molecule has 1 aromatic heterocycles. The fourth-order valence-corrected chi connectivity index (χ4v) is 3.85. The number of rotatable bonds is 6. The number of aliphatic hydroxyl groups excluding tert-OH is 4. The Morgan fingerprint density at radius 3 is 2.48 bits per heavy atom. The number of carbonyl (C=O) groups excluding carboxylic acids is 1. The Balaban J connectivity index is 1.59. The first-order valence-electron chi connectivity index (χ1n) is 10.6.